The predicted molar refractivity (Wildman–Crippen MR) is 84.9 cm³/mol. The number of hydrogen-bond donors (Lipinski definition) is 2. The van der Waals surface area contributed by atoms with E-state index in [0.717, 1.165) is 16.0 Å². The molecular weight excluding hydrogens is 316 g/mol. The smallest absolute Gasteiger partial charge is 0.325 e. The molecule has 0 bridgehead atoms. The molecule has 1 atom stereocenters. The van der Waals surface area contributed by atoms with E-state index in [1.165, 1.54) is 4.90 Å². The Kier molecular flexibility index (Phi) is 3.61. The van der Waals surface area contributed by atoms with E-state index in [1.54, 1.807) is 19.1 Å². The van der Waals surface area contributed by atoms with Crippen molar-refractivity contribution in [3.05, 3.63) is 23.3 Å². The normalized spacial score (nSPS) is 22.6. The first-order chi connectivity index (χ1) is 11.4. The zero-order chi connectivity index (χ0) is 17.6. The highest BCUT2D eigenvalue weighted by atomic mass is 17.1. The second-order valence-electron chi connectivity index (χ2n) is 5.57. The second-order valence-corrected chi connectivity index (χ2v) is 5.57. The number of benzene rings is 1. The van der Waals surface area contributed by atoms with Crippen molar-refractivity contribution >= 4 is 35.6 Å². The maximum Gasteiger partial charge on any atom is 0.349 e. The van der Waals surface area contributed by atoms with Crippen molar-refractivity contribution in [1.82, 2.24) is 5.32 Å². The molecule has 24 heavy (non-hydrogen) atoms. The van der Waals surface area contributed by atoms with Crippen molar-refractivity contribution in [3.63, 3.8) is 0 Å². The first-order valence-electron chi connectivity index (χ1n) is 7.31. The molecule has 0 radical (unpaired) electrons. The van der Waals surface area contributed by atoms with Crippen LogP contribution in [0.25, 0.3) is 0 Å². The molecule has 1 aromatic carbocycles. The average Bonchev–Trinajstić information content (AvgIpc) is 2.54. The number of anilines is 2. The molecule has 0 spiro atoms. The van der Waals surface area contributed by atoms with E-state index in [4.69, 9.17) is 0 Å². The number of amidine groups is 1. The van der Waals surface area contributed by atoms with E-state index >= 15 is 0 Å². The van der Waals surface area contributed by atoms with E-state index in [0.29, 0.717) is 17.8 Å². The number of imide groups is 1. The van der Waals surface area contributed by atoms with Gasteiger partial charge in [0.15, 0.2) is 5.84 Å². The third-order valence-electron chi connectivity index (χ3n) is 4.34. The Morgan fingerprint density at radius 3 is 2.46 bits per heavy atom. The molecule has 9 nitrogen and oxygen atoms in total. The quantitative estimate of drug-likeness (QED) is 0.484. The summed E-state index contributed by atoms with van der Waals surface area (Å²) in [4.78, 5) is 46.6. The summed E-state index contributed by atoms with van der Waals surface area (Å²) < 4.78 is 0. The predicted octanol–water partition coefficient (Wildman–Crippen LogP) is 0.940. The van der Waals surface area contributed by atoms with Gasteiger partial charge in [-0.15, -0.1) is 0 Å². The van der Waals surface area contributed by atoms with Crippen LogP contribution in [-0.2, 0) is 14.5 Å². The molecule has 2 aliphatic heterocycles. The Balaban J connectivity index is 2.39. The van der Waals surface area contributed by atoms with E-state index in [9.17, 15) is 19.6 Å². The van der Waals surface area contributed by atoms with Crippen LogP contribution in [0.1, 0.15) is 18.1 Å². The minimum absolute atomic E-state index is 0.253. The fourth-order valence-electron chi connectivity index (χ4n) is 3.05. The van der Waals surface area contributed by atoms with E-state index < -0.39 is 17.7 Å². The summed E-state index contributed by atoms with van der Waals surface area (Å²) in [6.45, 7) is 5.76. The van der Waals surface area contributed by atoms with Crippen molar-refractivity contribution in [2.75, 3.05) is 16.3 Å². The minimum atomic E-state index is -2.11. The molecule has 0 saturated carbocycles. The van der Waals surface area contributed by atoms with Gasteiger partial charge in [0.1, 0.15) is 0 Å². The fraction of sp³-hybridized carbons (Fsp3) is 0.333. The molecular formula is C15H16N4O5. The highest BCUT2D eigenvalue weighted by Gasteiger charge is 2.60. The highest BCUT2D eigenvalue weighted by molar-refractivity contribution is 6.33. The van der Waals surface area contributed by atoms with Crippen LogP contribution >= 0.6 is 0 Å². The molecule has 0 fully saturated rings. The average molecular weight is 332 g/mol. The van der Waals surface area contributed by atoms with Crippen molar-refractivity contribution in [2.45, 2.75) is 26.5 Å². The molecule has 2 N–H and O–H groups in total. The molecule has 1 unspecified atom stereocenters. The number of amides is 4. The van der Waals surface area contributed by atoms with Gasteiger partial charge >= 0.3 is 11.8 Å². The molecule has 0 aliphatic carbocycles. The van der Waals surface area contributed by atoms with E-state index in [2.05, 4.69) is 9.88 Å². The molecule has 3 rings (SSSR count). The van der Waals surface area contributed by atoms with Crippen molar-refractivity contribution in [3.8, 4) is 0 Å². The zero-order valence-electron chi connectivity index (χ0n) is 13.4. The summed E-state index contributed by atoms with van der Waals surface area (Å²) in [5, 5.41) is 11.6. The number of carbonyl (C=O) groups is 3. The summed E-state index contributed by atoms with van der Waals surface area (Å²) in [5.74, 6) is -1.22. The first-order valence-corrected chi connectivity index (χ1v) is 7.31. The number of aryl methyl sites for hydroxylation is 2. The number of nitrogens with one attached hydrogen (secondary N) is 1. The number of hydrogen-bond acceptors (Lipinski definition) is 6. The van der Waals surface area contributed by atoms with Gasteiger partial charge < -0.3 is 4.90 Å². The molecule has 2 aliphatic rings. The summed E-state index contributed by atoms with van der Waals surface area (Å²) in [6.07, 6.45) is 0.430. The third kappa shape index (κ3) is 1.88. The SMILES string of the molecule is CCN1c2cc(C)c(C)cc2N(C=O)C2=NC(=O)NC(=O)C21OO. The van der Waals surface area contributed by atoms with Crippen molar-refractivity contribution in [2.24, 2.45) is 4.99 Å². The van der Waals surface area contributed by atoms with Crippen LogP contribution in [-0.4, -0.2) is 41.7 Å². The number of rotatable bonds is 3. The molecule has 126 valence electrons. The van der Waals surface area contributed by atoms with Crippen molar-refractivity contribution < 1.29 is 24.5 Å². The maximum atomic E-state index is 12.5. The summed E-state index contributed by atoms with van der Waals surface area (Å²) in [5.41, 5.74) is 0.687. The Labute approximate surface area is 137 Å². The lowest BCUT2D eigenvalue weighted by atomic mass is 9.97. The van der Waals surface area contributed by atoms with Crippen molar-refractivity contribution in [1.29, 1.82) is 0 Å². The van der Waals surface area contributed by atoms with E-state index in [1.807, 2.05) is 19.2 Å². The van der Waals surface area contributed by atoms with Gasteiger partial charge in [0, 0.05) is 6.54 Å². The van der Waals surface area contributed by atoms with Crippen LogP contribution in [0.4, 0.5) is 16.2 Å². The number of fused-ring (bicyclic) bond motifs is 2. The number of carbonyl (C=O) groups excluding carboxylic acids is 3. The number of aliphatic imine (C=N–C) groups is 1. The maximum absolute atomic E-state index is 12.5. The molecule has 1 aromatic rings. The van der Waals surface area contributed by atoms with Crippen LogP contribution < -0.4 is 15.1 Å². The van der Waals surface area contributed by atoms with E-state index in [-0.39, 0.29) is 12.4 Å². The third-order valence-corrected chi connectivity index (χ3v) is 4.34. The number of nitrogens with zero attached hydrogens (tertiary/aromatic N) is 3. The summed E-state index contributed by atoms with van der Waals surface area (Å²) >= 11 is 0. The Morgan fingerprint density at radius 2 is 1.92 bits per heavy atom. The second kappa shape index (κ2) is 5.39. The van der Waals surface area contributed by atoms with Crippen LogP contribution in [0.2, 0.25) is 0 Å². The summed E-state index contributed by atoms with van der Waals surface area (Å²) in [7, 11) is 0. The first kappa shape index (κ1) is 16.1. The standard InChI is InChI=1S/C15H16N4O5/c1-4-19-11-6-9(3)8(2)5-10(11)18(7-20)12-15(19,24-23)13(21)17-14(22)16-12/h5-7,23H,4H2,1-3H3,(H,17,21,22). The monoisotopic (exact) mass is 332 g/mol. The Bertz CT molecular complexity index is 790. The van der Waals surface area contributed by atoms with Gasteiger partial charge in [-0.05, 0) is 44.0 Å². The number of likely N-dealkylation sites (N-methyl/N-ethyl adjacent to an activating group) is 1. The van der Waals surface area contributed by atoms with Crippen LogP contribution in [0, 0.1) is 13.8 Å². The molecule has 0 saturated heterocycles. The van der Waals surface area contributed by atoms with Gasteiger partial charge in [-0.3, -0.25) is 19.8 Å². The lowest BCUT2D eigenvalue weighted by Gasteiger charge is -2.48. The van der Waals surface area contributed by atoms with Gasteiger partial charge in [0.2, 0.25) is 6.41 Å². The molecule has 9 heteroatoms. The molecule has 4 amide bonds. The molecule has 0 aromatic heterocycles. The lowest BCUT2D eigenvalue weighted by molar-refractivity contribution is -0.291. The Morgan fingerprint density at radius 1 is 1.29 bits per heavy atom. The van der Waals surface area contributed by atoms with Gasteiger partial charge in [0.25, 0.3) is 5.91 Å². The Hall–Kier alpha value is -2.78. The summed E-state index contributed by atoms with van der Waals surface area (Å²) in [6, 6.07) is 2.60. The minimum Gasteiger partial charge on any atom is -0.325 e. The van der Waals surface area contributed by atoms with Gasteiger partial charge in [0.05, 0.1) is 11.4 Å². The lowest BCUT2D eigenvalue weighted by Crippen LogP contribution is -2.73. The van der Waals surface area contributed by atoms with Gasteiger partial charge in [-0.1, -0.05) is 0 Å². The topological polar surface area (TPSA) is 112 Å². The van der Waals surface area contributed by atoms with Crippen LogP contribution in [0.3, 0.4) is 0 Å². The largest absolute Gasteiger partial charge is 0.349 e. The molecule has 2 heterocycles. The van der Waals surface area contributed by atoms with Gasteiger partial charge in [-0.2, -0.15) is 9.88 Å². The van der Waals surface area contributed by atoms with Crippen LogP contribution in [0.5, 0.6) is 0 Å². The van der Waals surface area contributed by atoms with Crippen LogP contribution in [0.15, 0.2) is 17.1 Å². The highest BCUT2D eigenvalue weighted by Crippen LogP contribution is 2.43. The number of urea groups is 1. The fourth-order valence-corrected chi connectivity index (χ4v) is 3.05. The van der Waals surface area contributed by atoms with Gasteiger partial charge in [-0.25, -0.2) is 10.1 Å². The zero-order valence-corrected chi connectivity index (χ0v) is 13.4.